The third-order valence-corrected chi connectivity index (χ3v) is 2.57. The summed E-state index contributed by atoms with van der Waals surface area (Å²) < 4.78 is 13.3. The Bertz CT molecular complexity index is 532. The number of rotatable bonds is 4. The van der Waals surface area contributed by atoms with Gasteiger partial charge in [-0.2, -0.15) is 0 Å². The van der Waals surface area contributed by atoms with Crippen molar-refractivity contribution in [2.75, 3.05) is 27.2 Å². The van der Waals surface area contributed by atoms with Crippen LogP contribution in [0.4, 0.5) is 4.39 Å². The number of amides is 1. The monoisotopic (exact) mass is 277 g/mol. The highest BCUT2D eigenvalue weighted by molar-refractivity contribution is 5.96. The maximum atomic E-state index is 13.3. The number of carbonyl (C=O) groups is 1. The molecule has 1 aromatic rings. The molecule has 0 aliphatic rings. The molecule has 20 heavy (non-hydrogen) atoms. The van der Waals surface area contributed by atoms with Crippen LogP contribution in [0.1, 0.15) is 22.8 Å². The Morgan fingerprint density at radius 3 is 2.80 bits per heavy atom. The van der Waals surface area contributed by atoms with Gasteiger partial charge in [0, 0.05) is 18.2 Å². The Hall–Kier alpha value is -1.90. The zero-order valence-corrected chi connectivity index (χ0v) is 12.0. The fraction of sp³-hybridized carbons (Fsp3) is 0.400. The van der Waals surface area contributed by atoms with E-state index in [1.807, 2.05) is 25.9 Å². The maximum absolute atomic E-state index is 13.3. The van der Waals surface area contributed by atoms with Crippen molar-refractivity contribution in [3.8, 4) is 11.8 Å². The van der Waals surface area contributed by atoms with Crippen LogP contribution < -0.4 is 11.1 Å². The van der Waals surface area contributed by atoms with Crippen LogP contribution in [0, 0.1) is 17.7 Å². The highest BCUT2D eigenvalue weighted by atomic mass is 19.1. The van der Waals surface area contributed by atoms with Crippen molar-refractivity contribution >= 4 is 5.91 Å². The number of benzene rings is 1. The zero-order valence-electron chi connectivity index (χ0n) is 12.0. The molecule has 0 radical (unpaired) electrons. The lowest BCUT2D eigenvalue weighted by molar-refractivity contribution is 0.0933. The lowest BCUT2D eigenvalue weighted by Crippen LogP contribution is -2.39. The van der Waals surface area contributed by atoms with E-state index in [4.69, 9.17) is 5.73 Å². The Morgan fingerprint density at radius 1 is 1.50 bits per heavy atom. The van der Waals surface area contributed by atoms with Gasteiger partial charge in [-0.05, 0) is 39.2 Å². The van der Waals surface area contributed by atoms with Crippen LogP contribution in [-0.2, 0) is 0 Å². The van der Waals surface area contributed by atoms with E-state index in [1.54, 1.807) is 0 Å². The minimum Gasteiger partial charge on any atom is -0.348 e. The first-order chi connectivity index (χ1) is 9.43. The molecule has 1 atom stereocenters. The fourth-order valence-corrected chi connectivity index (χ4v) is 1.85. The van der Waals surface area contributed by atoms with Gasteiger partial charge in [0.15, 0.2) is 0 Å². The predicted octanol–water partition coefficient (Wildman–Crippen LogP) is 0.816. The summed E-state index contributed by atoms with van der Waals surface area (Å²) in [6.07, 6.45) is 0. The van der Waals surface area contributed by atoms with Gasteiger partial charge >= 0.3 is 0 Å². The van der Waals surface area contributed by atoms with Gasteiger partial charge < -0.3 is 16.0 Å². The second-order valence-electron chi connectivity index (χ2n) is 4.83. The summed E-state index contributed by atoms with van der Waals surface area (Å²) in [6.45, 7) is 2.78. The number of carbonyl (C=O) groups excluding carboxylic acids is 1. The van der Waals surface area contributed by atoms with Crippen molar-refractivity contribution in [3.63, 3.8) is 0 Å². The van der Waals surface area contributed by atoms with Crippen LogP contribution in [-0.4, -0.2) is 44.0 Å². The van der Waals surface area contributed by atoms with Gasteiger partial charge in [0.1, 0.15) is 5.82 Å². The Labute approximate surface area is 119 Å². The summed E-state index contributed by atoms with van der Waals surface area (Å²) in [6, 6.07) is 3.92. The Balaban J connectivity index is 2.93. The van der Waals surface area contributed by atoms with Crippen molar-refractivity contribution in [2.45, 2.75) is 13.0 Å². The fourth-order valence-electron chi connectivity index (χ4n) is 1.85. The van der Waals surface area contributed by atoms with Gasteiger partial charge in [-0.3, -0.25) is 4.79 Å². The first-order valence-corrected chi connectivity index (χ1v) is 6.38. The van der Waals surface area contributed by atoms with Crippen LogP contribution in [0.15, 0.2) is 18.2 Å². The molecule has 0 fully saturated rings. The van der Waals surface area contributed by atoms with Gasteiger partial charge in [0.25, 0.3) is 5.91 Å². The van der Waals surface area contributed by atoms with Crippen LogP contribution in [0.25, 0.3) is 0 Å². The number of hydrogen-bond acceptors (Lipinski definition) is 3. The molecule has 1 rings (SSSR count). The van der Waals surface area contributed by atoms with E-state index in [1.165, 1.54) is 18.2 Å². The van der Waals surface area contributed by atoms with Gasteiger partial charge in [-0.1, -0.05) is 11.8 Å². The molecule has 0 spiro atoms. The smallest absolute Gasteiger partial charge is 0.252 e. The average molecular weight is 277 g/mol. The molecule has 1 unspecified atom stereocenters. The van der Waals surface area contributed by atoms with Crippen LogP contribution >= 0.6 is 0 Å². The normalized spacial score (nSPS) is 11.7. The molecule has 0 heterocycles. The Morgan fingerprint density at radius 2 is 2.20 bits per heavy atom. The molecular weight excluding hydrogens is 257 g/mol. The quantitative estimate of drug-likeness (QED) is 0.801. The van der Waals surface area contributed by atoms with Crippen molar-refractivity contribution in [3.05, 3.63) is 35.1 Å². The van der Waals surface area contributed by atoms with Gasteiger partial charge in [-0.25, -0.2) is 4.39 Å². The summed E-state index contributed by atoms with van der Waals surface area (Å²) in [5.74, 6) is 4.66. The summed E-state index contributed by atoms with van der Waals surface area (Å²) in [4.78, 5) is 14.1. The summed E-state index contributed by atoms with van der Waals surface area (Å²) in [5, 5.41) is 2.83. The molecule has 1 aromatic carbocycles. The molecule has 4 nitrogen and oxygen atoms in total. The van der Waals surface area contributed by atoms with Crippen molar-refractivity contribution in [1.82, 2.24) is 10.2 Å². The van der Waals surface area contributed by atoms with E-state index in [0.717, 1.165) is 0 Å². The highest BCUT2D eigenvalue weighted by Crippen LogP contribution is 2.11. The number of nitrogens with two attached hydrogens (primary N) is 1. The molecule has 0 aliphatic heterocycles. The Kier molecular flexibility index (Phi) is 6.16. The van der Waals surface area contributed by atoms with Gasteiger partial charge in [-0.15, -0.1) is 0 Å². The van der Waals surface area contributed by atoms with E-state index in [-0.39, 0.29) is 24.1 Å². The summed E-state index contributed by atoms with van der Waals surface area (Å²) in [5.41, 5.74) is 6.03. The molecule has 0 aromatic heterocycles. The molecule has 108 valence electrons. The number of hydrogen-bond donors (Lipinski definition) is 2. The second-order valence-corrected chi connectivity index (χ2v) is 4.83. The molecule has 0 bridgehead atoms. The van der Waals surface area contributed by atoms with Gasteiger partial charge in [0.2, 0.25) is 0 Å². The molecule has 3 N–H and O–H groups in total. The van der Waals surface area contributed by atoms with E-state index in [2.05, 4.69) is 17.2 Å². The lowest BCUT2D eigenvalue weighted by atomic mass is 10.1. The summed E-state index contributed by atoms with van der Waals surface area (Å²) in [7, 11) is 3.84. The SMILES string of the molecule is CC(CN(C)C)NC(=O)c1cc(F)ccc1C#CCN. The minimum absolute atomic E-state index is 0.0453. The zero-order chi connectivity index (χ0) is 15.1. The lowest BCUT2D eigenvalue weighted by Gasteiger charge is -2.18. The summed E-state index contributed by atoms with van der Waals surface area (Å²) >= 11 is 0. The topological polar surface area (TPSA) is 58.4 Å². The molecule has 0 saturated carbocycles. The van der Waals surface area contributed by atoms with E-state index < -0.39 is 5.82 Å². The third-order valence-electron chi connectivity index (χ3n) is 2.57. The number of nitrogens with zero attached hydrogens (tertiary/aromatic N) is 1. The first kappa shape index (κ1) is 16.2. The van der Waals surface area contributed by atoms with E-state index >= 15 is 0 Å². The molecule has 5 heteroatoms. The van der Waals surface area contributed by atoms with Gasteiger partial charge in [0.05, 0.1) is 12.1 Å². The minimum atomic E-state index is -0.464. The van der Waals surface area contributed by atoms with Crippen molar-refractivity contribution in [2.24, 2.45) is 5.73 Å². The van der Waals surface area contributed by atoms with Crippen molar-refractivity contribution < 1.29 is 9.18 Å². The number of halogens is 1. The second kappa shape index (κ2) is 7.63. The predicted molar refractivity (Wildman–Crippen MR) is 77.8 cm³/mol. The van der Waals surface area contributed by atoms with Crippen LogP contribution in [0.3, 0.4) is 0 Å². The third kappa shape index (κ3) is 5.00. The molecule has 1 amide bonds. The van der Waals surface area contributed by atoms with E-state index in [0.29, 0.717) is 12.1 Å². The van der Waals surface area contributed by atoms with Crippen LogP contribution in [0.2, 0.25) is 0 Å². The highest BCUT2D eigenvalue weighted by Gasteiger charge is 2.14. The van der Waals surface area contributed by atoms with E-state index in [9.17, 15) is 9.18 Å². The molecule has 0 saturated heterocycles. The average Bonchev–Trinajstić information content (AvgIpc) is 2.36. The standard InChI is InChI=1S/C15H20FN3O/c1-11(10-19(2)3)18-15(20)14-9-13(16)7-6-12(14)5-4-8-17/h6-7,9,11H,8,10,17H2,1-3H3,(H,18,20). The number of likely N-dealkylation sites (N-methyl/N-ethyl adjacent to an activating group) is 1. The van der Waals surface area contributed by atoms with Crippen LogP contribution in [0.5, 0.6) is 0 Å². The molecular formula is C15H20FN3O. The number of nitrogens with one attached hydrogen (secondary N) is 1. The first-order valence-electron chi connectivity index (χ1n) is 6.38. The van der Waals surface area contributed by atoms with Crippen molar-refractivity contribution in [1.29, 1.82) is 0 Å². The maximum Gasteiger partial charge on any atom is 0.252 e. The largest absolute Gasteiger partial charge is 0.348 e. The molecule has 0 aliphatic carbocycles.